The number of carboxylic acids is 1. The molecule has 0 saturated heterocycles. The summed E-state index contributed by atoms with van der Waals surface area (Å²) in [4.78, 5) is 180. The van der Waals surface area contributed by atoms with Crippen LogP contribution in [0.25, 0.3) is 10.9 Å². The summed E-state index contributed by atoms with van der Waals surface area (Å²) >= 11 is 1.39. The number of guanidine groups is 2. The molecule has 602 valence electrons. The third-order valence-electron chi connectivity index (χ3n) is 18.3. The van der Waals surface area contributed by atoms with Crippen molar-refractivity contribution < 1.29 is 67.7 Å². The molecule has 3 aromatic rings. The molecule has 1 heterocycles. The van der Waals surface area contributed by atoms with Crippen LogP contribution in [0.1, 0.15) is 143 Å². The first-order valence-corrected chi connectivity index (χ1v) is 38.3. The lowest BCUT2D eigenvalue weighted by atomic mass is 9.96. The van der Waals surface area contributed by atoms with Crippen molar-refractivity contribution in [2.45, 2.75) is 217 Å². The molecule has 108 heavy (non-hydrogen) atoms. The summed E-state index contributed by atoms with van der Waals surface area (Å²) in [6.45, 7) is 10.9. The summed E-state index contributed by atoms with van der Waals surface area (Å²) in [5.41, 5.74) is 42.9. The van der Waals surface area contributed by atoms with Crippen LogP contribution in [0.15, 0.2) is 70.8 Å². The fraction of sp³-hybridized carbons (Fsp3) is 0.611. The van der Waals surface area contributed by atoms with Crippen molar-refractivity contribution in [3.05, 3.63) is 71.9 Å². The summed E-state index contributed by atoms with van der Waals surface area (Å²) in [6, 6.07) is -0.226. The Hall–Kier alpha value is -9.65. The number of aliphatic hydroxyl groups is 1. The Labute approximate surface area is 635 Å². The van der Waals surface area contributed by atoms with Gasteiger partial charge in [0, 0.05) is 36.6 Å². The summed E-state index contributed by atoms with van der Waals surface area (Å²) in [6.07, 6.45) is 6.21. The number of nitrogens with one attached hydrogen (secondary N) is 12. The van der Waals surface area contributed by atoms with Gasteiger partial charge >= 0.3 is 5.97 Å². The van der Waals surface area contributed by atoms with Crippen molar-refractivity contribution in [3.63, 3.8) is 0 Å². The number of carboxylic acid groups (broad SMARTS) is 1. The standard InChI is InChI=1S/C72H119N21O14S/c1-9-41(5)57(69(105)88-53(70(106)107)30-35-108-8)92-59(95)43(7)83-66(102)55(39-94)90-67(103)56(40(3)4)91-65(101)54(36-44-22-12-11-13-23-44)89-63(99)51(28-20-33-80-71(76)77)86-62(98)52(29-21-34-81-72(78)79)87-68(104)58(42(6)10-2)93-64(100)50(27-17-19-32-74)85-61(97)49(26-16-18-31-73)84-60(96)47(75)37-45-38-82-48-25-15-14-24-46(45)48/h11-15,22-25,38,40-43,47,49-58,82,94H,9-10,16-21,26-37,39,73-75H2,1-8H3,(H,83,102)(H,84,96)(H,85,97)(H,86,98)(H,87,104)(H,88,105)(H,89,99)(H,90,103)(H,91,101)(H,92,95)(H,93,100)(H,106,107)(H4,76,77,80)(H4,78,79,81)/t41-,42-,43-,47-,49-,50-,51-,52-,53-,54-,55-,56-,57-,58-/m0/s1. The number of carbonyl (C=O) groups excluding carboxylic acids is 11. The number of carbonyl (C=O) groups is 12. The van der Waals surface area contributed by atoms with E-state index < -0.39 is 168 Å². The zero-order chi connectivity index (χ0) is 80.6. The van der Waals surface area contributed by atoms with Crippen molar-refractivity contribution in [2.24, 2.45) is 67.9 Å². The van der Waals surface area contributed by atoms with Gasteiger partial charge in [0.15, 0.2) is 11.9 Å². The molecule has 0 aliphatic rings. The van der Waals surface area contributed by atoms with E-state index in [0.29, 0.717) is 56.4 Å². The highest BCUT2D eigenvalue weighted by atomic mass is 32.2. The number of hydrogen-bond acceptors (Lipinski definition) is 19. The predicted molar refractivity (Wildman–Crippen MR) is 414 cm³/mol. The predicted octanol–water partition coefficient (Wildman–Crippen LogP) is -2.42. The Bertz CT molecular complexity index is 3450. The van der Waals surface area contributed by atoms with Crippen molar-refractivity contribution in [2.75, 3.05) is 44.8 Å². The minimum Gasteiger partial charge on any atom is -0.480 e. The highest BCUT2D eigenvalue weighted by Crippen LogP contribution is 2.20. The molecule has 0 aliphatic carbocycles. The monoisotopic (exact) mass is 1530 g/mol. The van der Waals surface area contributed by atoms with Gasteiger partial charge in [-0.1, -0.05) is 103 Å². The number of aromatic nitrogens is 1. The molecule has 0 radical (unpaired) electrons. The Morgan fingerprint density at radius 2 is 0.870 bits per heavy atom. The zero-order valence-corrected chi connectivity index (χ0v) is 64.2. The van der Waals surface area contributed by atoms with Crippen LogP contribution in [0, 0.1) is 17.8 Å². The smallest absolute Gasteiger partial charge is 0.326 e. The number of amides is 11. The van der Waals surface area contributed by atoms with Crippen LogP contribution in [0.5, 0.6) is 0 Å². The number of thioether (sulfide) groups is 1. The van der Waals surface area contributed by atoms with Gasteiger partial charge in [-0.3, -0.25) is 62.7 Å². The lowest BCUT2D eigenvalue weighted by molar-refractivity contribution is -0.142. The molecule has 2 aromatic carbocycles. The number of H-pyrrole nitrogens is 1. The number of fused-ring (bicyclic) bond motifs is 1. The van der Waals surface area contributed by atoms with Gasteiger partial charge in [-0.25, -0.2) is 4.79 Å². The summed E-state index contributed by atoms with van der Waals surface area (Å²) in [7, 11) is 0. The van der Waals surface area contributed by atoms with Crippen LogP contribution in [0.4, 0.5) is 0 Å². The van der Waals surface area contributed by atoms with Crippen LogP contribution < -0.4 is 98.6 Å². The molecule has 0 saturated carbocycles. The second-order valence-electron chi connectivity index (χ2n) is 27.3. The third-order valence-corrected chi connectivity index (χ3v) is 19.0. The molecule has 0 fully saturated rings. The topological polar surface area (TPSA) is 600 Å². The summed E-state index contributed by atoms with van der Waals surface area (Å²) < 4.78 is 0. The maximum absolute atomic E-state index is 14.9. The lowest BCUT2D eigenvalue weighted by Crippen LogP contribution is -2.62. The molecule has 0 aliphatic heterocycles. The molecule has 0 unspecified atom stereocenters. The van der Waals surface area contributed by atoms with Crippen LogP contribution in [-0.2, 0) is 70.4 Å². The summed E-state index contributed by atoms with van der Waals surface area (Å²) in [5.74, 6) is -12.3. The lowest BCUT2D eigenvalue weighted by Gasteiger charge is -2.30. The van der Waals surface area contributed by atoms with Gasteiger partial charge in [0.1, 0.15) is 66.5 Å². The van der Waals surface area contributed by atoms with Gasteiger partial charge < -0.3 is 114 Å². The van der Waals surface area contributed by atoms with Crippen molar-refractivity contribution in [3.8, 4) is 0 Å². The van der Waals surface area contributed by atoms with Gasteiger partial charge in [-0.05, 0) is 144 Å². The van der Waals surface area contributed by atoms with Gasteiger partial charge in [-0.2, -0.15) is 11.8 Å². The number of aliphatic imine (C=N–C) groups is 2. The van der Waals surface area contributed by atoms with E-state index >= 15 is 0 Å². The number of para-hydroxylation sites is 1. The molecule has 28 N–H and O–H groups in total. The van der Waals surface area contributed by atoms with Crippen LogP contribution in [0.3, 0.4) is 0 Å². The number of nitrogens with zero attached hydrogens (tertiary/aromatic N) is 2. The molecule has 1 aromatic heterocycles. The average Bonchev–Trinajstić information content (AvgIpc) is 1.62. The fourth-order valence-corrected chi connectivity index (χ4v) is 11.9. The van der Waals surface area contributed by atoms with E-state index in [4.69, 9.17) is 40.1 Å². The highest BCUT2D eigenvalue weighted by molar-refractivity contribution is 7.98. The maximum Gasteiger partial charge on any atom is 0.326 e. The first kappa shape index (κ1) is 92.6. The number of benzene rings is 2. The molecule has 0 spiro atoms. The first-order chi connectivity index (χ1) is 51.3. The van der Waals surface area contributed by atoms with Gasteiger partial charge in [0.05, 0.1) is 12.6 Å². The van der Waals surface area contributed by atoms with Crippen molar-refractivity contribution in [1.29, 1.82) is 0 Å². The third kappa shape index (κ3) is 32.4. The van der Waals surface area contributed by atoms with E-state index in [2.05, 4.69) is 73.5 Å². The SMILES string of the molecule is CC[C@H](C)[C@H](NC(=O)[C@H](C)NC(=O)[C@H](CO)NC(=O)[C@@H](NC(=O)[C@H](Cc1ccccc1)NC(=O)[C@H](CCCN=C(N)N)NC(=O)[C@H](CCCN=C(N)N)NC(=O)[C@@H](NC(=O)[C@H](CCCCN)NC(=O)[C@H](CCCCN)NC(=O)[C@@H](N)Cc1c[nH]c2ccccc12)[C@@H](C)CC)C(C)C)C(=O)N[C@@H](CCSC)C(=O)O. The Morgan fingerprint density at radius 3 is 1.34 bits per heavy atom. The molecule has 35 nitrogen and oxygen atoms in total. The molecule has 0 bridgehead atoms. The number of unbranched alkanes of at least 4 members (excludes halogenated alkanes) is 2. The molecule has 3 rings (SSSR count). The summed E-state index contributed by atoms with van der Waals surface area (Å²) in [5, 5.41) is 50.3. The van der Waals surface area contributed by atoms with Crippen LogP contribution in [0.2, 0.25) is 0 Å². The second kappa shape index (κ2) is 49.3. The number of rotatable bonds is 52. The first-order valence-electron chi connectivity index (χ1n) is 36.9. The normalized spacial score (nSPS) is 15.1. The molecule has 36 heteroatoms. The largest absolute Gasteiger partial charge is 0.480 e. The molecule has 11 amide bonds. The van der Waals surface area contributed by atoms with Crippen LogP contribution in [-0.4, -0.2) is 215 Å². The molecular formula is C72H119N21O14S. The van der Waals surface area contributed by atoms with E-state index in [9.17, 15) is 67.7 Å². The van der Waals surface area contributed by atoms with Crippen molar-refractivity contribution >= 4 is 106 Å². The van der Waals surface area contributed by atoms with Crippen molar-refractivity contribution in [1.82, 2.24) is 63.5 Å². The minimum absolute atomic E-state index is 0.0122. The number of aromatic amines is 1. The Balaban J connectivity index is 1.96. The van der Waals surface area contributed by atoms with E-state index in [1.165, 1.54) is 18.7 Å². The number of aliphatic carboxylic acids is 1. The molecular weight excluding hydrogens is 1410 g/mol. The van der Waals surface area contributed by atoms with E-state index in [0.717, 1.165) is 16.5 Å². The fourth-order valence-electron chi connectivity index (χ4n) is 11.4. The Morgan fingerprint density at radius 1 is 0.463 bits per heavy atom. The average molecular weight is 1530 g/mol. The number of aliphatic hydroxyl groups excluding tert-OH is 1. The molecule has 14 atom stereocenters. The minimum atomic E-state index is -1.70. The highest BCUT2D eigenvalue weighted by Gasteiger charge is 2.38. The number of hydrogen-bond donors (Lipinski definition) is 21. The van der Waals surface area contributed by atoms with Gasteiger partial charge in [0.25, 0.3) is 0 Å². The Kier molecular flexibility index (Phi) is 42.3. The quantitative estimate of drug-likeness (QED) is 0.0159. The van der Waals surface area contributed by atoms with Gasteiger partial charge in [0.2, 0.25) is 65.0 Å². The number of nitrogens with two attached hydrogens (primary N) is 7. The van der Waals surface area contributed by atoms with Crippen LogP contribution >= 0.6 is 11.8 Å². The van der Waals surface area contributed by atoms with E-state index in [1.54, 1.807) is 84.3 Å². The van der Waals surface area contributed by atoms with E-state index in [1.807, 2.05) is 24.3 Å². The maximum atomic E-state index is 14.9. The van der Waals surface area contributed by atoms with Gasteiger partial charge in [-0.15, -0.1) is 0 Å². The second-order valence-corrected chi connectivity index (χ2v) is 28.2. The van der Waals surface area contributed by atoms with E-state index in [-0.39, 0.29) is 89.3 Å². The zero-order valence-electron chi connectivity index (χ0n) is 63.4.